The lowest BCUT2D eigenvalue weighted by Crippen LogP contribution is -2.42. The Hall–Kier alpha value is -2.75. The Bertz CT molecular complexity index is 746. The summed E-state index contributed by atoms with van der Waals surface area (Å²) >= 11 is 0. The van der Waals surface area contributed by atoms with Gasteiger partial charge >= 0.3 is 11.9 Å². The molecule has 36 heavy (non-hydrogen) atoms. The Balaban J connectivity index is 2.14. The minimum atomic E-state index is -0.989. The van der Waals surface area contributed by atoms with Crippen molar-refractivity contribution < 1.29 is 39.3 Å². The summed E-state index contributed by atoms with van der Waals surface area (Å²) in [5, 5.41) is 30.4. The lowest BCUT2D eigenvalue weighted by molar-refractivity contribution is -0.148. The predicted octanol–water partition coefficient (Wildman–Crippen LogP) is 3.75. The Morgan fingerprint density at radius 1 is 0.806 bits per heavy atom. The molecule has 1 heterocycles. The summed E-state index contributed by atoms with van der Waals surface area (Å²) in [5.74, 6) is -2.62. The van der Waals surface area contributed by atoms with Gasteiger partial charge in [0.25, 0.3) is 0 Å². The summed E-state index contributed by atoms with van der Waals surface area (Å²) in [7, 11) is 1.20. The molecule has 0 aliphatic carbocycles. The zero-order chi connectivity index (χ0) is 26.6. The third-order valence-corrected chi connectivity index (χ3v) is 6.01. The summed E-state index contributed by atoms with van der Waals surface area (Å²) in [4.78, 5) is 41.1. The summed E-state index contributed by atoms with van der Waals surface area (Å²) in [6, 6.07) is 1.33. The quantitative estimate of drug-likeness (QED) is 0.144. The Morgan fingerprint density at radius 3 is 1.75 bits per heavy atom. The van der Waals surface area contributed by atoms with Crippen LogP contribution in [0.1, 0.15) is 103 Å². The second-order valence-electron chi connectivity index (χ2n) is 9.06. The van der Waals surface area contributed by atoms with Gasteiger partial charge in [-0.2, -0.15) is 0 Å². The molecule has 0 aliphatic heterocycles. The third kappa shape index (κ3) is 14.0. The lowest BCUT2D eigenvalue weighted by atomic mass is 10.0. The highest BCUT2D eigenvalue weighted by Crippen LogP contribution is 2.19. The molecule has 0 bridgehead atoms. The van der Waals surface area contributed by atoms with Crippen molar-refractivity contribution in [2.75, 3.05) is 13.7 Å². The van der Waals surface area contributed by atoms with E-state index in [0.717, 1.165) is 50.7 Å². The Kier molecular flexibility index (Phi) is 16.9. The molecule has 10 heteroatoms. The zero-order valence-electron chi connectivity index (χ0n) is 21.6. The number of carbonyl (C=O) groups is 3. The normalized spacial score (nSPS) is 11.7. The van der Waals surface area contributed by atoms with Crippen molar-refractivity contribution in [3.8, 4) is 11.8 Å². The molecule has 10 nitrogen and oxygen atoms in total. The molecule has 0 saturated heterocycles. The topological polar surface area (TPSA) is 147 Å². The van der Waals surface area contributed by atoms with Crippen LogP contribution in [-0.4, -0.2) is 57.7 Å². The van der Waals surface area contributed by atoms with E-state index in [2.05, 4.69) is 5.32 Å². The van der Waals surface area contributed by atoms with Crippen LogP contribution in [-0.2, 0) is 19.1 Å². The number of aliphatic hydroxyl groups is 1. The fraction of sp³-hybridized carbons (Fsp3) is 0.731. The van der Waals surface area contributed by atoms with Crippen molar-refractivity contribution in [2.24, 2.45) is 0 Å². The van der Waals surface area contributed by atoms with Gasteiger partial charge in [0, 0.05) is 25.2 Å². The number of ether oxygens (including phenoxy) is 1. The fourth-order valence-electron chi connectivity index (χ4n) is 3.90. The van der Waals surface area contributed by atoms with E-state index in [4.69, 9.17) is 14.7 Å². The number of nitrogens with one attached hydrogen (secondary N) is 1. The summed E-state index contributed by atoms with van der Waals surface area (Å²) in [6.07, 6.45) is 14.7. The summed E-state index contributed by atoms with van der Waals surface area (Å²) < 4.78 is 5.28. The van der Waals surface area contributed by atoms with Crippen LogP contribution in [0.5, 0.6) is 11.8 Å². The minimum Gasteiger partial charge on any atom is -0.492 e. The smallest absolute Gasteiger partial charge is 0.333 e. The molecule has 1 atom stereocenters. The number of hydrogen-bond donors (Lipinski definition) is 4. The van der Waals surface area contributed by atoms with E-state index in [1.165, 1.54) is 52.1 Å². The minimum absolute atomic E-state index is 0.0390. The number of aromatic hydroxyl groups is 2. The van der Waals surface area contributed by atoms with Gasteiger partial charge < -0.3 is 30.2 Å². The average molecular weight is 513 g/mol. The number of amides is 1. The van der Waals surface area contributed by atoms with Gasteiger partial charge in [0.15, 0.2) is 0 Å². The van der Waals surface area contributed by atoms with Gasteiger partial charge in [-0.05, 0) is 19.3 Å². The molecule has 0 saturated carbocycles. The molecule has 0 radical (unpaired) electrons. The van der Waals surface area contributed by atoms with Crippen LogP contribution in [0.25, 0.3) is 0 Å². The molecule has 4 N–H and O–H groups in total. The van der Waals surface area contributed by atoms with Gasteiger partial charge in [-0.25, -0.2) is 9.59 Å². The highest BCUT2D eigenvalue weighted by Gasteiger charge is 2.23. The molecule has 0 spiro atoms. The van der Waals surface area contributed by atoms with Crippen molar-refractivity contribution in [2.45, 2.75) is 109 Å². The number of unbranched alkanes of at least 4 members (excludes halogenated alkanes) is 12. The summed E-state index contributed by atoms with van der Waals surface area (Å²) in [6.45, 7) is 0.299. The van der Waals surface area contributed by atoms with Gasteiger partial charge in [-0.1, -0.05) is 70.6 Å². The van der Waals surface area contributed by atoms with E-state index >= 15 is 0 Å². The first-order chi connectivity index (χ1) is 17.4. The number of methoxy groups -OCH3 is 1. The number of aromatic nitrogens is 1. The van der Waals surface area contributed by atoms with Gasteiger partial charge in [-0.15, -0.1) is 4.73 Å². The fourth-order valence-corrected chi connectivity index (χ4v) is 3.90. The van der Waals surface area contributed by atoms with Crippen molar-refractivity contribution in [3.05, 3.63) is 12.1 Å². The standard InChI is InChI=1S/C26H44N2O8/c1-35-26(34)21(16-19-25(33)36-28-23(31)17-18-24(28)32)27-22(30)15-13-11-9-7-5-3-2-4-6-8-10-12-14-20-29/h17-18,21,29,31-32H,2-16,19-20H2,1H3,(H,27,30). The van der Waals surface area contributed by atoms with E-state index in [1.54, 1.807) is 0 Å². The number of carbonyl (C=O) groups excluding carboxylic acids is 3. The van der Waals surface area contributed by atoms with E-state index in [1.807, 2.05) is 0 Å². The van der Waals surface area contributed by atoms with E-state index < -0.39 is 29.7 Å². The first kappa shape index (κ1) is 31.3. The van der Waals surface area contributed by atoms with Crippen LogP contribution in [0.4, 0.5) is 0 Å². The van der Waals surface area contributed by atoms with E-state index in [9.17, 15) is 24.6 Å². The number of rotatable bonds is 21. The van der Waals surface area contributed by atoms with Gasteiger partial charge in [0.05, 0.1) is 13.5 Å². The molecule has 1 aromatic rings. The van der Waals surface area contributed by atoms with Crippen molar-refractivity contribution in [3.63, 3.8) is 0 Å². The number of aliphatic hydroxyl groups excluding tert-OH is 1. The average Bonchev–Trinajstić information content (AvgIpc) is 3.18. The first-order valence-electron chi connectivity index (χ1n) is 13.2. The number of nitrogens with zero attached hydrogens (tertiary/aromatic N) is 1. The molecule has 1 aromatic heterocycles. The number of esters is 1. The molecule has 1 amide bonds. The van der Waals surface area contributed by atoms with E-state index in [0.29, 0.717) is 17.8 Å². The highest BCUT2D eigenvalue weighted by atomic mass is 16.7. The highest BCUT2D eigenvalue weighted by molar-refractivity contribution is 5.84. The second-order valence-corrected chi connectivity index (χ2v) is 9.06. The molecule has 0 fully saturated rings. The van der Waals surface area contributed by atoms with Crippen molar-refractivity contribution >= 4 is 17.8 Å². The van der Waals surface area contributed by atoms with Gasteiger partial charge in [0.2, 0.25) is 17.7 Å². The maximum absolute atomic E-state index is 12.3. The van der Waals surface area contributed by atoms with Crippen LogP contribution in [0, 0.1) is 0 Å². The monoisotopic (exact) mass is 512 g/mol. The maximum atomic E-state index is 12.3. The predicted molar refractivity (Wildman–Crippen MR) is 134 cm³/mol. The molecule has 0 aromatic carbocycles. The SMILES string of the molecule is COC(=O)C(CCC(=O)On1c(O)ccc1O)NC(=O)CCCCCCCCCCCCCCCO. The van der Waals surface area contributed by atoms with Crippen molar-refractivity contribution in [1.82, 2.24) is 10.0 Å². The molecular formula is C26H44N2O8. The lowest BCUT2D eigenvalue weighted by Gasteiger charge is -2.16. The maximum Gasteiger partial charge on any atom is 0.333 e. The van der Waals surface area contributed by atoms with Crippen LogP contribution >= 0.6 is 0 Å². The molecule has 206 valence electrons. The number of hydrogen-bond acceptors (Lipinski definition) is 8. The Morgan fingerprint density at radius 2 is 1.28 bits per heavy atom. The molecule has 0 aliphatic rings. The van der Waals surface area contributed by atoms with Crippen LogP contribution in [0.2, 0.25) is 0 Å². The molecule has 1 unspecified atom stereocenters. The first-order valence-corrected chi connectivity index (χ1v) is 13.2. The second kappa shape index (κ2) is 19.4. The van der Waals surface area contributed by atoms with Crippen molar-refractivity contribution in [1.29, 1.82) is 0 Å². The van der Waals surface area contributed by atoms with E-state index in [-0.39, 0.29) is 18.7 Å². The molecular weight excluding hydrogens is 468 g/mol. The summed E-state index contributed by atoms with van der Waals surface area (Å²) in [5.41, 5.74) is 0. The largest absolute Gasteiger partial charge is 0.492 e. The van der Waals surface area contributed by atoms with Crippen LogP contribution in [0.3, 0.4) is 0 Å². The van der Waals surface area contributed by atoms with Gasteiger partial charge in [-0.3, -0.25) is 4.79 Å². The van der Waals surface area contributed by atoms with Crippen LogP contribution in [0.15, 0.2) is 12.1 Å². The van der Waals surface area contributed by atoms with Crippen LogP contribution < -0.4 is 10.2 Å². The third-order valence-electron chi connectivity index (χ3n) is 6.01. The molecule has 1 rings (SSSR count). The Labute approximate surface area is 213 Å². The zero-order valence-corrected chi connectivity index (χ0v) is 21.6. The van der Waals surface area contributed by atoms with Gasteiger partial charge in [0.1, 0.15) is 6.04 Å².